The van der Waals surface area contributed by atoms with E-state index in [9.17, 15) is 4.79 Å². The van der Waals surface area contributed by atoms with Crippen LogP contribution in [0.1, 0.15) is 24.1 Å². The van der Waals surface area contributed by atoms with Gasteiger partial charge in [-0.1, -0.05) is 48.5 Å². The monoisotopic (exact) mass is 295 g/mol. The third kappa shape index (κ3) is 2.77. The molecular formula is C18H21N3O. The van der Waals surface area contributed by atoms with Crippen molar-refractivity contribution in [1.82, 2.24) is 9.80 Å². The molecule has 1 fully saturated rings. The second-order valence-electron chi connectivity index (χ2n) is 5.68. The first kappa shape index (κ1) is 14.4. The highest BCUT2D eigenvalue weighted by Gasteiger charge is 2.32. The molecule has 0 unspecified atom stereocenters. The van der Waals surface area contributed by atoms with Crippen molar-refractivity contribution in [1.29, 1.82) is 0 Å². The molecule has 4 heteroatoms. The van der Waals surface area contributed by atoms with Gasteiger partial charge in [0.15, 0.2) is 0 Å². The van der Waals surface area contributed by atoms with Crippen LogP contribution in [-0.4, -0.2) is 28.9 Å². The number of rotatable bonds is 4. The zero-order valence-electron chi connectivity index (χ0n) is 12.8. The summed E-state index contributed by atoms with van der Waals surface area (Å²) in [6, 6.07) is 18.0. The van der Waals surface area contributed by atoms with Crippen molar-refractivity contribution in [2.75, 3.05) is 18.8 Å². The number of nitrogens with two attached hydrogens (primary N) is 1. The summed E-state index contributed by atoms with van der Waals surface area (Å²) in [5, 5.41) is 0. The molecule has 1 atom stereocenters. The van der Waals surface area contributed by atoms with Crippen LogP contribution < -0.4 is 5.73 Å². The highest BCUT2D eigenvalue weighted by molar-refractivity contribution is 5.77. The van der Waals surface area contributed by atoms with E-state index in [0.29, 0.717) is 6.54 Å². The first-order chi connectivity index (χ1) is 10.7. The van der Waals surface area contributed by atoms with Crippen molar-refractivity contribution in [2.24, 2.45) is 0 Å². The minimum absolute atomic E-state index is 0.0830. The van der Waals surface area contributed by atoms with Gasteiger partial charge in [0.05, 0.1) is 6.04 Å². The molecule has 3 rings (SSSR count). The van der Waals surface area contributed by atoms with Crippen LogP contribution in [0.5, 0.6) is 0 Å². The molecule has 0 saturated carbocycles. The first-order valence-corrected chi connectivity index (χ1v) is 7.60. The van der Waals surface area contributed by atoms with Crippen molar-refractivity contribution in [3.63, 3.8) is 0 Å². The molecule has 0 spiro atoms. The molecule has 4 nitrogen and oxygen atoms in total. The van der Waals surface area contributed by atoms with Crippen molar-refractivity contribution in [3.05, 3.63) is 65.7 Å². The molecule has 2 amide bonds. The van der Waals surface area contributed by atoms with Crippen LogP contribution in [0.25, 0.3) is 0 Å². The van der Waals surface area contributed by atoms with Crippen LogP contribution in [0.3, 0.4) is 0 Å². The van der Waals surface area contributed by atoms with E-state index >= 15 is 0 Å². The number of amides is 2. The lowest BCUT2D eigenvalue weighted by atomic mass is 10.1. The lowest BCUT2D eigenvalue weighted by molar-refractivity contribution is 0.179. The Morgan fingerprint density at radius 3 is 2.45 bits per heavy atom. The number of hydrogen-bond acceptors (Lipinski definition) is 2. The molecule has 0 bridgehead atoms. The third-order valence-electron chi connectivity index (χ3n) is 4.29. The summed E-state index contributed by atoms with van der Waals surface area (Å²) in [4.78, 5) is 16.4. The molecule has 1 aliphatic rings. The van der Waals surface area contributed by atoms with Gasteiger partial charge in [0.2, 0.25) is 0 Å². The maximum Gasteiger partial charge on any atom is 0.320 e. The molecular weight excluding hydrogens is 274 g/mol. The fourth-order valence-corrected chi connectivity index (χ4v) is 2.90. The highest BCUT2D eigenvalue weighted by Crippen LogP contribution is 2.26. The quantitative estimate of drug-likeness (QED) is 0.880. The van der Waals surface area contributed by atoms with E-state index in [0.717, 1.165) is 29.9 Å². The second-order valence-corrected chi connectivity index (χ2v) is 5.68. The van der Waals surface area contributed by atoms with Crippen LogP contribution >= 0.6 is 0 Å². The molecule has 2 aromatic carbocycles. The van der Waals surface area contributed by atoms with Crippen LogP contribution in [0.2, 0.25) is 0 Å². The van der Waals surface area contributed by atoms with Crippen LogP contribution in [0.15, 0.2) is 54.6 Å². The Kier molecular flexibility index (Phi) is 4.00. The zero-order valence-corrected chi connectivity index (χ0v) is 12.8. The lowest BCUT2D eigenvalue weighted by Crippen LogP contribution is -2.33. The highest BCUT2D eigenvalue weighted by atomic mass is 16.2. The van der Waals surface area contributed by atoms with E-state index in [1.165, 1.54) is 0 Å². The van der Waals surface area contributed by atoms with E-state index in [4.69, 9.17) is 5.73 Å². The maximum atomic E-state index is 12.6. The number of para-hydroxylation sites is 1. The number of carbonyl (C=O) groups is 1. The molecule has 2 aromatic rings. The van der Waals surface area contributed by atoms with Crippen molar-refractivity contribution in [2.45, 2.75) is 19.5 Å². The van der Waals surface area contributed by atoms with Crippen molar-refractivity contribution >= 4 is 11.7 Å². The van der Waals surface area contributed by atoms with Crippen LogP contribution in [0.4, 0.5) is 10.5 Å². The second kappa shape index (κ2) is 6.10. The summed E-state index contributed by atoms with van der Waals surface area (Å²) in [6.45, 7) is 4.14. The van der Waals surface area contributed by atoms with E-state index in [1.807, 2.05) is 52.3 Å². The number of urea groups is 1. The van der Waals surface area contributed by atoms with Gasteiger partial charge in [-0.25, -0.2) is 4.79 Å². The molecule has 0 aliphatic carbocycles. The summed E-state index contributed by atoms with van der Waals surface area (Å²) in [7, 11) is 0. The number of nitrogens with zero attached hydrogens (tertiary/aromatic N) is 2. The SMILES string of the molecule is C[C@@H](c1ccccc1)N1CCN(Cc2ccccc2N)C1=O. The molecule has 1 aliphatic heterocycles. The summed E-state index contributed by atoms with van der Waals surface area (Å²) in [5.41, 5.74) is 8.89. The normalized spacial score (nSPS) is 16.1. The van der Waals surface area contributed by atoms with Gasteiger partial charge in [0.25, 0.3) is 0 Å². The molecule has 2 N–H and O–H groups in total. The molecule has 22 heavy (non-hydrogen) atoms. The van der Waals surface area contributed by atoms with E-state index in [-0.39, 0.29) is 12.1 Å². The average Bonchev–Trinajstić information content (AvgIpc) is 2.91. The number of carbonyl (C=O) groups excluding carboxylic acids is 1. The molecule has 1 heterocycles. The van der Waals surface area contributed by atoms with Crippen molar-refractivity contribution < 1.29 is 4.79 Å². The predicted octanol–water partition coefficient (Wildman–Crippen LogP) is 3.27. The standard InChI is InChI=1S/C18H21N3O/c1-14(15-7-3-2-4-8-15)21-12-11-20(18(21)22)13-16-9-5-6-10-17(16)19/h2-10,14H,11-13,19H2,1H3/t14-/m0/s1. The molecule has 1 saturated heterocycles. The first-order valence-electron chi connectivity index (χ1n) is 7.60. The van der Waals surface area contributed by atoms with E-state index in [2.05, 4.69) is 19.1 Å². The van der Waals surface area contributed by atoms with Gasteiger partial charge >= 0.3 is 6.03 Å². The van der Waals surface area contributed by atoms with E-state index in [1.54, 1.807) is 0 Å². The molecule has 114 valence electrons. The number of benzene rings is 2. The number of hydrogen-bond donors (Lipinski definition) is 1. The van der Waals surface area contributed by atoms with E-state index < -0.39 is 0 Å². The maximum absolute atomic E-state index is 12.6. The summed E-state index contributed by atoms with van der Waals surface area (Å²) >= 11 is 0. The largest absolute Gasteiger partial charge is 0.398 e. The summed E-state index contributed by atoms with van der Waals surface area (Å²) in [6.07, 6.45) is 0. The Bertz CT molecular complexity index is 656. The van der Waals surface area contributed by atoms with Gasteiger partial charge in [-0.2, -0.15) is 0 Å². The minimum Gasteiger partial charge on any atom is -0.398 e. The van der Waals surface area contributed by atoms with Gasteiger partial charge in [-0.3, -0.25) is 0 Å². The van der Waals surface area contributed by atoms with Crippen molar-refractivity contribution in [3.8, 4) is 0 Å². The smallest absolute Gasteiger partial charge is 0.320 e. The molecule has 0 aromatic heterocycles. The number of nitrogen functional groups attached to an aromatic ring is 1. The van der Waals surface area contributed by atoms with Gasteiger partial charge in [0.1, 0.15) is 0 Å². The summed E-state index contributed by atoms with van der Waals surface area (Å²) in [5.74, 6) is 0. The topological polar surface area (TPSA) is 49.6 Å². The van der Waals surface area contributed by atoms with Crippen LogP contribution in [0, 0.1) is 0 Å². The number of anilines is 1. The Labute approximate surface area is 131 Å². The fourth-order valence-electron chi connectivity index (χ4n) is 2.90. The third-order valence-corrected chi connectivity index (χ3v) is 4.29. The Morgan fingerprint density at radius 2 is 1.73 bits per heavy atom. The fraction of sp³-hybridized carbons (Fsp3) is 0.278. The summed E-state index contributed by atoms with van der Waals surface area (Å²) < 4.78 is 0. The Hall–Kier alpha value is -2.49. The zero-order chi connectivity index (χ0) is 15.5. The average molecular weight is 295 g/mol. The Balaban J connectivity index is 1.71. The lowest BCUT2D eigenvalue weighted by Gasteiger charge is -2.25. The Morgan fingerprint density at radius 1 is 1.05 bits per heavy atom. The van der Waals surface area contributed by atoms with Crippen LogP contribution in [-0.2, 0) is 6.54 Å². The predicted molar refractivity (Wildman–Crippen MR) is 88.2 cm³/mol. The van der Waals surface area contributed by atoms with Gasteiger partial charge in [-0.15, -0.1) is 0 Å². The van der Waals surface area contributed by atoms with Gasteiger partial charge < -0.3 is 15.5 Å². The molecule has 0 radical (unpaired) electrons. The minimum atomic E-state index is 0.0830. The van der Waals surface area contributed by atoms with Gasteiger partial charge in [-0.05, 0) is 24.1 Å². The van der Waals surface area contributed by atoms with Gasteiger partial charge in [0, 0.05) is 25.3 Å².